The summed E-state index contributed by atoms with van der Waals surface area (Å²) in [6.07, 6.45) is 3.77. The number of hydrogen-bond acceptors (Lipinski definition) is 5. The van der Waals surface area contributed by atoms with E-state index in [9.17, 15) is 9.59 Å². The van der Waals surface area contributed by atoms with Crippen molar-refractivity contribution in [3.8, 4) is 0 Å². The molecule has 128 valence electrons. The Kier molecular flexibility index (Phi) is 5.88. The summed E-state index contributed by atoms with van der Waals surface area (Å²) >= 11 is 6.00. The molecule has 25 heavy (non-hydrogen) atoms. The molecule has 7 heteroatoms. The molecule has 2 amide bonds. The monoisotopic (exact) mass is 434 g/mol. The third-order valence-corrected chi connectivity index (χ3v) is 5.75. The van der Waals surface area contributed by atoms with E-state index in [4.69, 9.17) is 0 Å². The molecule has 0 bridgehead atoms. The number of thioether (sulfide) groups is 2. The summed E-state index contributed by atoms with van der Waals surface area (Å²) in [5.41, 5.74) is 1.75. The first-order valence-corrected chi connectivity index (χ1v) is 10.3. The minimum atomic E-state index is -0.270. The highest BCUT2D eigenvalue weighted by Gasteiger charge is 2.34. The zero-order chi connectivity index (χ0) is 17.8. The number of halogens is 1. The maximum Gasteiger partial charge on any atom is 0.295 e. The maximum atomic E-state index is 12.5. The topological polar surface area (TPSA) is 49.4 Å². The number of carbonyl (C=O) groups is 2. The van der Waals surface area contributed by atoms with E-state index in [-0.39, 0.29) is 17.8 Å². The number of carbonyl (C=O) groups excluding carboxylic acids is 2. The van der Waals surface area contributed by atoms with E-state index in [0.717, 1.165) is 32.4 Å². The number of benzene rings is 2. The van der Waals surface area contributed by atoms with E-state index in [0.29, 0.717) is 4.91 Å². The summed E-state index contributed by atoms with van der Waals surface area (Å²) < 4.78 is 0.972. The molecule has 0 spiro atoms. The molecule has 2 aromatic rings. The molecule has 1 saturated heterocycles. The van der Waals surface area contributed by atoms with Crippen LogP contribution in [0.15, 0.2) is 62.8 Å². The summed E-state index contributed by atoms with van der Waals surface area (Å²) in [5.74, 6) is -0.270. The van der Waals surface area contributed by atoms with Crippen LogP contribution < -0.4 is 5.32 Å². The third-order valence-electron chi connectivity index (χ3n) is 3.57. The minimum Gasteiger partial charge on any atom is -0.367 e. The summed E-state index contributed by atoms with van der Waals surface area (Å²) in [4.78, 5) is 27.4. The molecule has 0 atom stereocenters. The van der Waals surface area contributed by atoms with E-state index in [1.807, 2.05) is 54.8 Å². The molecule has 0 aromatic heterocycles. The highest BCUT2D eigenvalue weighted by atomic mass is 79.9. The number of rotatable bonds is 5. The Bertz CT molecular complexity index is 820. The van der Waals surface area contributed by atoms with Gasteiger partial charge in [0.15, 0.2) is 0 Å². The van der Waals surface area contributed by atoms with Crippen LogP contribution in [0.4, 0.5) is 10.5 Å². The van der Waals surface area contributed by atoms with Gasteiger partial charge >= 0.3 is 0 Å². The molecule has 0 saturated carbocycles. The second-order valence-corrected chi connectivity index (χ2v) is 8.01. The summed E-state index contributed by atoms with van der Waals surface area (Å²) in [6.45, 7) is 0.148. The largest absolute Gasteiger partial charge is 0.367 e. The van der Waals surface area contributed by atoms with Crippen LogP contribution in [-0.4, -0.2) is 29.0 Å². The van der Waals surface area contributed by atoms with Gasteiger partial charge in [0.1, 0.15) is 0 Å². The Balaban J connectivity index is 1.68. The zero-order valence-electron chi connectivity index (χ0n) is 13.4. The molecule has 1 fully saturated rings. The molecule has 0 aliphatic carbocycles. The lowest BCUT2D eigenvalue weighted by atomic mass is 10.2. The highest BCUT2D eigenvalue weighted by Crippen LogP contribution is 2.32. The van der Waals surface area contributed by atoms with Gasteiger partial charge in [0.25, 0.3) is 11.1 Å². The number of amides is 2. The van der Waals surface area contributed by atoms with E-state index in [1.165, 1.54) is 4.90 Å². The SMILES string of the molecule is CSc1ccc(/C=C2/SC(=O)N(CNc3ccc(Br)cc3)C2=O)cc1. The summed E-state index contributed by atoms with van der Waals surface area (Å²) in [6, 6.07) is 15.4. The number of nitrogens with one attached hydrogen (secondary N) is 1. The van der Waals surface area contributed by atoms with Crippen molar-refractivity contribution in [1.29, 1.82) is 0 Å². The van der Waals surface area contributed by atoms with Crippen molar-refractivity contribution in [1.82, 2.24) is 4.90 Å². The van der Waals surface area contributed by atoms with Crippen molar-refractivity contribution in [2.45, 2.75) is 4.90 Å². The predicted octanol–water partition coefficient (Wildman–Crippen LogP) is 5.28. The van der Waals surface area contributed by atoms with Crippen LogP contribution >= 0.6 is 39.5 Å². The minimum absolute atomic E-state index is 0.148. The van der Waals surface area contributed by atoms with Crippen molar-refractivity contribution in [3.63, 3.8) is 0 Å². The fourth-order valence-electron chi connectivity index (χ4n) is 2.23. The van der Waals surface area contributed by atoms with E-state index in [1.54, 1.807) is 17.8 Å². The number of nitrogens with zero attached hydrogens (tertiary/aromatic N) is 1. The van der Waals surface area contributed by atoms with Crippen LogP contribution in [0.1, 0.15) is 5.56 Å². The molecule has 4 nitrogen and oxygen atoms in total. The Hall–Kier alpha value is -1.70. The summed E-state index contributed by atoms with van der Waals surface area (Å²) in [5, 5.41) is 2.83. The molecule has 1 N–H and O–H groups in total. The average Bonchev–Trinajstić information content (AvgIpc) is 2.89. The van der Waals surface area contributed by atoms with E-state index >= 15 is 0 Å². The van der Waals surface area contributed by atoms with Gasteiger partial charge in [-0.1, -0.05) is 28.1 Å². The van der Waals surface area contributed by atoms with Gasteiger partial charge in [0.05, 0.1) is 11.6 Å². The highest BCUT2D eigenvalue weighted by molar-refractivity contribution is 9.10. The van der Waals surface area contributed by atoms with Crippen molar-refractivity contribution >= 4 is 62.4 Å². The molecule has 1 aliphatic heterocycles. The second kappa shape index (κ2) is 8.12. The van der Waals surface area contributed by atoms with Crippen molar-refractivity contribution < 1.29 is 9.59 Å². The van der Waals surface area contributed by atoms with Crippen LogP contribution in [-0.2, 0) is 4.79 Å². The lowest BCUT2D eigenvalue weighted by Gasteiger charge is -2.14. The average molecular weight is 435 g/mol. The molecule has 0 radical (unpaired) electrons. The van der Waals surface area contributed by atoms with Crippen molar-refractivity contribution in [3.05, 3.63) is 63.5 Å². The van der Waals surface area contributed by atoms with Crippen LogP contribution in [0, 0.1) is 0 Å². The molecular formula is C18H15BrN2O2S2. The van der Waals surface area contributed by atoms with Crippen LogP contribution in [0.2, 0.25) is 0 Å². The smallest absolute Gasteiger partial charge is 0.295 e. The van der Waals surface area contributed by atoms with E-state index in [2.05, 4.69) is 21.2 Å². The molecular weight excluding hydrogens is 420 g/mol. The van der Waals surface area contributed by atoms with Gasteiger partial charge in [-0.25, -0.2) is 0 Å². The zero-order valence-corrected chi connectivity index (χ0v) is 16.6. The maximum absolute atomic E-state index is 12.5. The number of anilines is 1. The van der Waals surface area contributed by atoms with Gasteiger partial charge in [-0.05, 0) is 66.1 Å². The van der Waals surface area contributed by atoms with Crippen molar-refractivity contribution in [2.24, 2.45) is 0 Å². The quantitative estimate of drug-likeness (QED) is 0.512. The fraction of sp³-hybridized carbons (Fsp3) is 0.111. The fourth-order valence-corrected chi connectivity index (χ4v) is 3.74. The lowest BCUT2D eigenvalue weighted by Crippen LogP contribution is -2.33. The van der Waals surface area contributed by atoms with E-state index < -0.39 is 0 Å². The number of imide groups is 1. The predicted molar refractivity (Wildman–Crippen MR) is 109 cm³/mol. The van der Waals surface area contributed by atoms with Crippen LogP contribution in [0.25, 0.3) is 6.08 Å². The molecule has 3 rings (SSSR count). The van der Waals surface area contributed by atoms with Crippen LogP contribution in [0.3, 0.4) is 0 Å². The summed E-state index contributed by atoms with van der Waals surface area (Å²) in [7, 11) is 0. The van der Waals surface area contributed by atoms with Gasteiger partial charge in [-0.3, -0.25) is 14.5 Å². The molecule has 2 aromatic carbocycles. The van der Waals surface area contributed by atoms with Gasteiger partial charge in [-0.15, -0.1) is 11.8 Å². The van der Waals surface area contributed by atoms with Gasteiger partial charge in [-0.2, -0.15) is 0 Å². The lowest BCUT2D eigenvalue weighted by molar-refractivity contribution is -0.122. The first kappa shape index (κ1) is 18.1. The molecule has 0 unspecified atom stereocenters. The third kappa shape index (κ3) is 4.48. The van der Waals surface area contributed by atoms with Gasteiger partial charge in [0.2, 0.25) is 0 Å². The standard InChI is InChI=1S/C18H15BrN2O2S2/c1-24-15-8-2-12(3-9-15)10-16-17(22)21(18(23)25-16)11-20-14-6-4-13(19)5-7-14/h2-10,20H,11H2,1H3/b16-10+. The number of hydrogen-bond donors (Lipinski definition) is 1. The van der Waals surface area contributed by atoms with Crippen LogP contribution in [0.5, 0.6) is 0 Å². The molecule has 1 heterocycles. The molecule has 1 aliphatic rings. The second-order valence-electron chi connectivity index (χ2n) is 5.22. The Morgan fingerprint density at radius 2 is 1.80 bits per heavy atom. The first-order chi connectivity index (χ1) is 12.1. The first-order valence-electron chi connectivity index (χ1n) is 7.45. The van der Waals surface area contributed by atoms with Gasteiger partial charge < -0.3 is 5.32 Å². The normalized spacial score (nSPS) is 15.9. The Morgan fingerprint density at radius 1 is 1.12 bits per heavy atom. The van der Waals surface area contributed by atoms with Crippen molar-refractivity contribution in [2.75, 3.05) is 18.2 Å². The Morgan fingerprint density at radius 3 is 2.44 bits per heavy atom. The Labute approximate surface area is 163 Å². The van der Waals surface area contributed by atoms with Gasteiger partial charge in [0, 0.05) is 15.1 Å².